The molecule has 2 amide bonds. The predicted molar refractivity (Wildman–Crippen MR) is 103 cm³/mol. The van der Waals surface area contributed by atoms with Crippen molar-refractivity contribution in [3.05, 3.63) is 29.3 Å². The highest BCUT2D eigenvalue weighted by molar-refractivity contribution is 6.30. The van der Waals surface area contributed by atoms with Crippen molar-refractivity contribution < 1.29 is 14.3 Å². The number of ether oxygens (including phenoxy) is 1. The molecule has 0 bridgehead atoms. The van der Waals surface area contributed by atoms with Crippen LogP contribution in [0.25, 0.3) is 0 Å². The van der Waals surface area contributed by atoms with Crippen LogP contribution in [0.15, 0.2) is 24.3 Å². The molecule has 6 nitrogen and oxygen atoms in total. The van der Waals surface area contributed by atoms with E-state index in [1.165, 1.54) is 0 Å². The lowest BCUT2D eigenvalue weighted by Gasteiger charge is -2.35. The Labute approximate surface area is 160 Å². The van der Waals surface area contributed by atoms with Crippen molar-refractivity contribution in [2.75, 3.05) is 52.4 Å². The fourth-order valence-corrected chi connectivity index (χ4v) is 3.05. The monoisotopic (exact) mass is 381 g/mol. The maximum Gasteiger partial charge on any atom is 0.260 e. The third-order valence-corrected chi connectivity index (χ3v) is 4.95. The number of carbonyl (C=O) groups excluding carboxylic acids is 2. The summed E-state index contributed by atoms with van der Waals surface area (Å²) in [7, 11) is 0. The number of hydrogen-bond donors (Lipinski definition) is 0. The summed E-state index contributed by atoms with van der Waals surface area (Å²) in [4.78, 5) is 30.4. The molecule has 7 heteroatoms. The highest BCUT2D eigenvalue weighted by Crippen LogP contribution is 2.15. The highest BCUT2D eigenvalue weighted by atomic mass is 35.5. The molecular formula is C19H28ClN3O3. The molecule has 1 aromatic carbocycles. The molecule has 26 heavy (non-hydrogen) atoms. The minimum Gasteiger partial charge on any atom is -0.484 e. The topological polar surface area (TPSA) is 53.1 Å². The second-order valence-electron chi connectivity index (χ2n) is 6.28. The van der Waals surface area contributed by atoms with Crippen molar-refractivity contribution in [3.8, 4) is 5.75 Å². The second-order valence-corrected chi connectivity index (χ2v) is 6.72. The van der Waals surface area contributed by atoms with Crippen molar-refractivity contribution in [2.45, 2.75) is 20.3 Å². The van der Waals surface area contributed by atoms with Gasteiger partial charge in [-0.3, -0.25) is 9.59 Å². The van der Waals surface area contributed by atoms with E-state index in [9.17, 15) is 9.59 Å². The van der Waals surface area contributed by atoms with Gasteiger partial charge in [0.1, 0.15) is 5.75 Å². The molecule has 0 aromatic heterocycles. The average molecular weight is 382 g/mol. The van der Waals surface area contributed by atoms with Crippen LogP contribution in [0, 0.1) is 0 Å². The molecule has 1 heterocycles. The lowest BCUT2D eigenvalue weighted by atomic mass is 10.2. The van der Waals surface area contributed by atoms with Gasteiger partial charge in [0.15, 0.2) is 6.61 Å². The van der Waals surface area contributed by atoms with Gasteiger partial charge in [0.2, 0.25) is 5.91 Å². The number of halogens is 1. The number of benzene rings is 1. The zero-order chi connectivity index (χ0) is 18.9. The summed E-state index contributed by atoms with van der Waals surface area (Å²) in [6, 6.07) is 6.93. The smallest absolute Gasteiger partial charge is 0.260 e. The normalized spacial score (nSPS) is 14.6. The molecule has 0 spiro atoms. The molecule has 2 rings (SSSR count). The van der Waals surface area contributed by atoms with E-state index in [1.54, 1.807) is 29.2 Å². The maximum absolute atomic E-state index is 12.3. The van der Waals surface area contributed by atoms with Gasteiger partial charge >= 0.3 is 0 Å². The molecule has 0 atom stereocenters. The minimum absolute atomic E-state index is 0.00244. The Morgan fingerprint density at radius 3 is 2.08 bits per heavy atom. The van der Waals surface area contributed by atoms with Crippen LogP contribution in [0.4, 0.5) is 0 Å². The van der Waals surface area contributed by atoms with Crippen LogP contribution in [-0.2, 0) is 9.59 Å². The molecule has 0 aliphatic carbocycles. The molecule has 0 radical (unpaired) electrons. The Morgan fingerprint density at radius 1 is 1.00 bits per heavy atom. The lowest BCUT2D eigenvalue weighted by Crippen LogP contribution is -2.52. The molecule has 0 N–H and O–H groups in total. The summed E-state index contributed by atoms with van der Waals surface area (Å²) in [5, 5.41) is 0.630. The molecule has 144 valence electrons. The molecule has 1 fully saturated rings. The van der Waals surface area contributed by atoms with Crippen LogP contribution in [0.1, 0.15) is 20.3 Å². The molecule has 0 saturated carbocycles. The summed E-state index contributed by atoms with van der Waals surface area (Å²) >= 11 is 5.83. The summed E-state index contributed by atoms with van der Waals surface area (Å²) in [5.74, 6) is 0.726. The minimum atomic E-state index is -0.0600. The fourth-order valence-electron chi connectivity index (χ4n) is 2.92. The number of piperazine rings is 1. The van der Waals surface area contributed by atoms with Crippen molar-refractivity contribution in [1.82, 2.24) is 14.7 Å². The molecular weight excluding hydrogens is 354 g/mol. The Bertz CT molecular complexity index is 582. The number of carbonyl (C=O) groups is 2. The van der Waals surface area contributed by atoms with Crippen LogP contribution in [0.3, 0.4) is 0 Å². The van der Waals surface area contributed by atoms with Crippen LogP contribution >= 0.6 is 11.6 Å². The Kier molecular flexibility index (Phi) is 8.19. The largest absolute Gasteiger partial charge is 0.484 e. The number of amides is 2. The molecule has 1 aliphatic rings. The van der Waals surface area contributed by atoms with E-state index in [4.69, 9.17) is 16.3 Å². The third kappa shape index (κ3) is 6.18. The quantitative estimate of drug-likeness (QED) is 0.692. The van der Waals surface area contributed by atoms with Crippen molar-refractivity contribution >= 4 is 23.4 Å². The van der Waals surface area contributed by atoms with Gasteiger partial charge in [-0.2, -0.15) is 0 Å². The fraction of sp³-hybridized carbons (Fsp3) is 0.579. The van der Waals surface area contributed by atoms with E-state index in [-0.39, 0.29) is 18.4 Å². The first kappa shape index (κ1) is 20.5. The Balaban J connectivity index is 1.70. The molecule has 1 aliphatic heterocycles. The Morgan fingerprint density at radius 2 is 1.54 bits per heavy atom. The third-order valence-electron chi connectivity index (χ3n) is 4.70. The van der Waals surface area contributed by atoms with E-state index in [0.29, 0.717) is 43.4 Å². The summed E-state index contributed by atoms with van der Waals surface area (Å²) in [5.41, 5.74) is 0. The van der Waals surface area contributed by atoms with Gasteiger partial charge < -0.3 is 19.4 Å². The van der Waals surface area contributed by atoms with E-state index >= 15 is 0 Å². The van der Waals surface area contributed by atoms with Crippen molar-refractivity contribution in [2.24, 2.45) is 0 Å². The van der Waals surface area contributed by atoms with Crippen molar-refractivity contribution in [3.63, 3.8) is 0 Å². The first-order valence-electron chi connectivity index (χ1n) is 9.19. The molecule has 1 aromatic rings. The van der Waals surface area contributed by atoms with Gasteiger partial charge in [0, 0.05) is 44.2 Å². The second kappa shape index (κ2) is 10.4. The van der Waals surface area contributed by atoms with Gasteiger partial charge in [-0.1, -0.05) is 25.4 Å². The first-order valence-corrected chi connectivity index (χ1v) is 9.57. The van der Waals surface area contributed by atoms with Gasteiger partial charge in [-0.05, 0) is 37.4 Å². The predicted octanol–water partition coefficient (Wildman–Crippen LogP) is 2.12. The lowest BCUT2D eigenvalue weighted by molar-refractivity contribution is -0.140. The highest BCUT2D eigenvalue weighted by Gasteiger charge is 2.24. The number of nitrogens with zero attached hydrogens (tertiary/aromatic N) is 3. The van der Waals surface area contributed by atoms with Gasteiger partial charge in [-0.15, -0.1) is 0 Å². The summed E-state index contributed by atoms with van der Waals surface area (Å²) in [6.07, 6.45) is 0.537. The molecule has 1 saturated heterocycles. The summed E-state index contributed by atoms with van der Waals surface area (Å²) < 4.78 is 5.50. The Hall–Kier alpha value is -1.79. The maximum atomic E-state index is 12.3. The number of rotatable bonds is 8. The zero-order valence-corrected chi connectivity index (χ0v) is 16.4. The average Bonchev–Trinajstić information content (AvgIpc) is 2.68. The standard InChI is InChI=1S/C19H28ClN3O3/c1-3-21(4-2)10-9-18(24)22-11-13-23(14-12-22)19(25)15-26-17-7-5-16(20)6-8-17/h5-8H,3-4,9-15H2,1-2H3. The van der Waals surface area contributed by atoms with E-state index in [0.717, 1.165) is 19.6 Å². The van der Waals surface area contributed by atoms with Gasteiger partial charge in [0.05, 0.1) is 0 Å². The van der Waals surface area contributed by atoms with E-state index in [1.807, 2.05) is 4.90 Å². The van der Waals surface area contributed by atoms with Crippen LogP contribution in [-0.4, -0.2) is 78.9 Å². The van der Waals surface area contributed by atoms with Crippen LogP contribution in [0.5, 0.6) is 5.75 Å². The number of hydrogen-bond acceptors (Lipinski definition) is 4. The summed E-state index contributed by atoms with van der Waals surface area (Å²) in [6.45, 7) is 9.19. The van der Waals surface area contributed by atoms with Crippen LogP contribution in [0.2, 0.25) is 5.02 Å². The molecule has 0 unspecified atom stereocenters. The van der Waals surface area contributed by atoms with Gasteiger partial charge in [0.25, 0.3) is 5.91 Å². The van der Waals surface area contributed by atoms with Crippen molar-refractivity contribution in [1.29, 1.82) is 0 Å². The van der Waals surface area contributed by atoms with Gasteiger partial charge in [-0.25, -0.2) is 0 Å². The zero-order valence-electron chi connectivity index (χ0n) is 15.6. The van der Waals surface area contributed by atoms with Crippen LogP contribution < -0.4 is 4.74 Å². The first-order chi connectivity index (χ1) is 12.5. The SMILES string of the molecule is CCN(CC)CCC(=O)N1CCN(C(=O)COc2ccc(Cl)cc2)CC1. The van der Waals surface area contributed by atoms with E-state index in [2.05, 4.69) is 18.7 Å². The van der Waals surface area contributed by atoms with E-state index < -0.39 is 0 Å².